The van der Waals surface area contributed by atoms with Gasteiger partial charge >= 0.3 is 0 Å². The standard InChI is InChI=1S/C19BF14/c21-6-1-2-4(9(24)15(30)13(28)7(2)22)19(34,3(1)8(23)14(29)12(6)27)20-5-10(25)16(31)18(33)17(32)11(5)26. The van der Waals surface area contributed by atoms with Crippen LogP contribution in [0.25, 0.3) is 11.1 Å². The molecular formula is C19BF14. The Balaban J connectivity index is 2.20. The molecule has 0 saturated carbocycles. The Morgan fingerprint density at radius 3 is 0.971 bits per heavy atom. The van der Waals surface area contributed by atoms with Gasteiger partial charge in [0.05, 0.1) is 0 Å². The van der Waals surface area contributed by atoms with E-state index in [1.165, 1.54) is 0 Å². The summed E-state index contributed by atoms with van der Waals surface area (Å²) < 4.78 is 198. The van der Waals surface area contributed by atoms with Crippen molar-refractivity contribution < 1.29 is 61.5 Å². The summed E-state index contributed by atoms with van der Waals surface area (Å²) in [5, 5.41) is 0. The molecule has 0 spiro atoms. The molecule has 15 heteroatoms. The van der Waals surface area contributed by atoms with Crippen molar-refractivity contribution in [2.75, 3.05) is 0 Å². The molecule has 0 atom stereocenters. The molecule has 3 aromatic carbocycles. The summed E-state index contributed by atoms with van der Waals surface area (Å²) in [4.78, 5) is 0. The minimum Gasteiger partial charge on any atom is -0.243 e. The van der Waals surface area contributed by atoms with E-state index in [0.29, 0.717) is 0 Å². The van der Waals surface area contributed by atoms with E-state index in [4.69, 9.17) is 0 Å². The molecule has 4 rings (SSSR count). The van der Waals surface area contributed by atoms with Gasteiger partial charge in [0.2, 0.25) is 7.28 Å². The summed E-state index contributed by atoms with van der Waals surface area (Å²) in [5.41, 5.74) is -15.6. The maximum Gasteiger partial charge on any atom is 0.222 e. The average Bonchev–Trinajstić information content (AvgIpc) is 3.08. The van der Waals surface area contributed by atoms with Crippen LogP contribution >= 0.6 is 0 Å². The molecule has 0 aliphatic heterocycles. The number of fused-ring (bicyclic) bond motifs is 3. The molecule has 1 radical (unpaired) electrons. The monoisotopic (exact) mass is 505 g/mol. The molecule has 1 aliphatic carbocycles. The van der Waals surface area contributed by atoms with E-state index in [9.17, 15) is 57.1 Å². The van der Waals surface area contributed by atoms with Gasteiger partial charge in [-0.2, -0.15) is 0 Å². The lowest BCUT2D eigenvalue weighted by atomic mass is 9.53. The second-order valence-electron chi connectivity index (χ2n) is 6.85. The van der Waals surface area contributed by atoms with Gasteiger partial charge in [0.25, 0.3) is 0 Å². The molecule has 0 nitrogen and oxygen atoms in total. The first-order valence-corrected chi connectivity index (χ1v) is 8.47. The quantitative estimate of drug-likeness (QED) is 0.182. The first-order valence-electron chi connectivity index (χ1n) is 8.47. The van der Waals surface area contributed by atoms with E-state index < -0.39 is 116 Å². The fraction of sp³-hybridized carbons (Fsp3) is 0.0526. The molecule has 3 aromatic rings. The lowest BCUT2D eigenvalue weighted by Crippen LogP contribution is -2.42. The number of benzene rings is 3. The van der Waals surface area contributed by atoms with E-state index >= 15 is 4.39 Å². The molecular weight excluding hydrogens is 505 g/mol. The van der Waals surface area contributed by atoms with Crippen LogP contribution in [-0.4, -0.2) is 7.28 Å². The largest absolute Gasteiger partial charge is 0.243 e. The zero-order chi connectivity index (χ0) is 25.6. The second kappa shape index (κ2) is 7.37. The lowest BCUT2D eigenvalue weighted by molar-refractivity contribution is 0.305. The van der Waals surface area contributed by atoms with Crippen LogP contribution in [0.4, 0.5) is 61.5 Å². The van der Waals surface area contributed by atoms with E-state index in [1.807, 2.05) is 0 Å². The predicted octanol–water partition coefficient (Wildman–Crippen LogP) is 5.68. The number of halogens is 14. The topological polar surface area (TPSA) is 0 Å². The van der Waals surface area contributed by atoms with Crippen molar-refractivity contribution in [2.45, 2.75) is 5.57 Å². The third-order valence-electron chi connectivity index (χ3n) is 5.10. The molecule has 0 amide bonds. The Labute approximate surface area is 178 Å². The highest BCUT2D eigenvalue weighted by Gasteiger charge is 2.55. The first kappa shape index (κ1) is 23.9. The van der Waals surface area contributed by atoms with Crippen molar-refractivity contribution in [1.82, 2.24) is 0 Å². The molecule has 0 fully saturated rings. The van der Waals surface area contributed by atoms with Crippen molar-refractivity contribution in [1.29, 1.82) is 0 Å². The Hall–Kier alpha value is -3.26. The molecule has 0 bridgehead atoms. The second-order valence-corrected chi connectivity index (χ2v) is 6.85. The van der Waals surface area contributed by atoms with Crippen LogP contribution in [0.15, 0.2) is 0 Å². The van der Waals surface area contributed by atoms with Crippen molar-refractivity contribution in [3.05, 3.63) is 86.8 Å². The van der Waals surface area contributed by atoms with Crippen LogP contribution in [0, 0.1) is 75.6 Å². The Bertz CT molecular complexity index is 1330. The highest BCUT2D eigenvalue weighted by Crippen LogP contribution is 2.55. The van der Waals surface area contributed by atoms with Crippen LogP contribution in [0.3, 0.4) is 0 Å². The van der Waals surface area contributed by atoms with E-state index in [2.05, 4.69) is 0 Å². The third-order valence-corrected chi connectivity index (χ3v) is 5.10. The van der Waals surface area contributed by atoms with Gasteiger partial charge in [-0.25, -0.2) is 61.5 Å². The summed E-state index contributed by atoms with van der Waals surface area (Å²) in [6.45, 7) is 0. The predicted molar refractivity (Wildman–Crippen MR) is 85.1 cm³/mol. The van der Waals surface area contributed by atoms with Gasteiger partial charge in [-0.1, -0.05) is 0 Å². The van der Waals surface area contributed by atoms with Crippen molar-refractivity contribution in [3.63, 3.8) is 0 Å². The molecule has 0 N–H and O–H groups in total. The van der Waals surface area contributed by atoms with E-state index in [0.717, 1.165) is 0 Å². The summed E-state index contributed by atoms with van der Waals surface area (Å²) in [6.07, 6.45) is 0. The third kappa shape index (κ3) is 2.75. The van der Waals surface area contributed by atoms with Crippen LogP contribution in [-0.2, 0) is 5.57 Å². The van der Waals surface area contributed by atoms with E-state index in [1.54, 1.807) is 0 Å². The number of hydrogen-bond donors (Lipinski definition) is 0. The average molecular weight is 505 g/mol. The summed E-state index contributed by atoms with van der Waals surface area (Å²) in [7, 11) is -0.826. The fourth-order valence-electron chi connectivity index (χ4n) is 3.63. The van der Waals surface area contributed by atoms with Crippen molar-refractivity contribution >= 4 is 12.7 Å². The summed E-state index contributed by atoms with van der Waals surface area (Å²) >= 11 is 0. The molecule has 0 unspecified atom stereocenters. The normalized spacial score (nSPS) is 13.8. The number of alkyl halides is 1. The zero-order valence-electron chi connectivity index (χ0n) is 15.4. The zero-order valence-corrected chi connectivity index (χ0v) is 15.4. The Morgan fingerprint density at radius 2 is 0.618 bits per heavy atom. The van der Waals surface area contributed by atoms with Gasteiger partial charge in [-0.15, -0.1) is 0 Å². The van der Waals surface area contributed by atoms with Crippen LogP contribution < -0.4 is 5.46 Å². The summed E-state index contributed by atoms with van der Waals surface area (Å²) in [6, 6.07) is 0. The van der Waals surface area contributed by atoms with Crippen molar-refractivity contribution in [3.8, 4) is 11.1 Å². The molecule has 34 heavy (non-hydrogen) atoms. The van der Waals surface area contributed by atoms with E-state index in [-0.39, 0.29) is 0 Å². The van der Waals surface area contributed by atoms with Crippen LogP contribution in [0.2, 0.25) is 0 Å². The van der Waals surface area contributed by atoms with Crippen LogP contribution in [0.5, 0.6) is 0 Å². The maximum absolute atomic E-state index is 16.1. The van der Waals surface area contributed by atoms with Gasteiger partial charge < -0.3 is 0 Å². The van der Waals surface area contributed by atoms with Gasteiger partial charge in [-0.05, 0) is 5.46 Å². The minimum atomic E-state index is -4.65. The number of rotatable bonds is 2. The highest BCUT2D eigenvalue weighted by atomic mass is 19.2. The SMILES string of the molecule is Fc1c(F)c(F)c([B]C2(F)c3c(F)c(F)c(F)c(F)c3-c3c(F)c(F)c(F)c(F)c32)c(F)c1F. The molecule has 0 aromatic heterocycles. The van der Waals surface area contributed by atoms with Crippen LogP contribution in [0.1, 0.15) is 11.1 Å². The van der Waals surface area contributed by atoms with Crippen molar-refractivity contribution in [2.24, 2.45) is 0 Å². The number of hydrogen-bond acceptors (Lipinski definition) is 0. The fourth-order valence-corrected chi connectivity index (χ4v) is 3.63. The van der Waals surface area contributed by atoms with Gasteiger partial charge in [0.15, 0.2) is 75.6 Å². The highest BCUT2D eigenvalue weighted by molar-refractivity contribution is 6.58. The smallest absolute Gasteiger partial charge is 0.222 e. The van der Waals surface area contributed by atoms with Gasteiger partial charge in [-0.3, -0.25) is 0 Å². The maximum atomic E-state index is 16.1. The summed E-state index contributed by atoms with van der Waals surface area (Å²) in [5.74, 6) is -35.9. The molecule has 177 valence electrons. The first-order chi connectivity index (χ1) is 15.7. The molecule has 1 aliphatic rings. The minimum absolute atomic E-state index is 0.826. The lowest BCUT2D eigenvalue weighted by Gasteiger charge is -2.24. The van der Waals surface area contributed by atoms with Gasteiger partial charge in [0.1, 0.15) is 5.57 Å². The van der Waals surface area contributed by atoms with Gasteiger partial charge in [0, 0.05) is 22.3 Å². The Morgan fingerprint density at radius 1 is 0.353 bits per heavy atom. The molecule has 0 heterocycles. The Kier molecular flexibility index (Phi) is 5.18. The molecule has 0 saturated heterocycles.